The highest BCUT2D eigenvalue weighted by Gasteiger charge is 2.17. The molecule has 3 aromatic rings. The van der Waals surface area contributed by atoms with Crippen LogP contribution in [0.4, 0.5) is 0 Å². The smallest absolute Gasteiger partial charge is 0.287 e. The van der Waals surface area contributed by atoms with Gasteiger partial charge in [-0.3, -0.25) is 4.79 Å². The molecule has 2 aromatic carbocycles. The molecule has 0 radical (unpaired) electrons. The summed E-state index contributed by atoms with van der Waals surface area (Å²) in [4.78, 5) is 12.5. The summed E-state index contributed by atoms with van der Waals surface area (Å²) in [6.45, 7) is 1.90. The normalized spacial score (nSPS) is 12.0. The fourth-order valence-corrected chi connectivity index (χ4v) is 2.98. The van der Waals surface area contributed by atoms with Gasteiger partial charge in [0.05, 0.1) is 20.3 Å². The number of furan rings is 1. The number of carbonyl (C=O) groups is 1. The number of carbonyl (C=O) groups excluding carboxylic acids is 1. The predicted octanol–water partition coefficient (Wildman–Crippen LogP) is 4.70. The molecule has 0 spiro atoms. The topological polar surface area (TPSA) is 60.7 Å². The molecule has 1 aromatic heterocycles. The number of methoxy groups -OCH3 is 2. The third kappa shape index (κ3) is 3.64. The van der Waals surface area contributed by atoms with Gasteiger partial charge in [0.1, 0.15) is 5.58 Å². The zero-order valence-electron chi connectivity index (χ0n) is 14.1. The molecule has 1 N–H and O–H groups in total. The summed E-state index contributed by atoms with van der Waals surface area (Å²) in [6, 6.07) is 12.7. The average Bonchev–Trinajstić information content (AvgIpc) is 3.04. The number of fused-ring (bicyclic) bond motifs is 1. The molecule has 1 unspecified atom stereocenters. The highest BCUT2D eigenvalue weighted by molar-refractivity contribution is 9.10. The maximum absolute atomic E-state index is 12.5. The summed E-state index contributed by atoms with van der Waals surface area (Å²) in [5, 5.41) is 3.81. The molecule has 0 saturated carbocycles. The van der Waals surface area contributed by atoms with E-state index in [4.69, 9.17) is 13.9 Å². The Morgan fingerprint density at radius 2 is 1.84 bits per heavy atom. The van der Waals surface area contributed by atoms with Gasteiger partial charge < -0.3 is 19.2 Å². The van der Waals surface area contributed by atoms with Crippen molar-refractivity contribution in [3.8, 4) is 11.5 Å². The van der Waals surface area contributed by atoms with Gasteiger partial charge in [-0.15, -0.1) is 0 Å². The third-order valence-corrected chi connectivity index (χ3v) is 4.45. The number of ether oxygens (including phenoxy) is 2. The number of hydrogen-bond donors (Lipinski definition) is 1. The summed E-state index contributed by atoms with van der Waals surface area (Å²) in [6.07, 6.45) is 0. The minimum atomic E-state index is -0.269. The van der Waals surface area contributed by atoms with Crippen molar-refractivity contribution in [3.63, 3.8) is 0 Å². The molecule has 0 saturated heterocycles. The van der Waals surface area contributed by atoms with Gasteiger partial charge in [-0.25, -0.2) is 0 Å². The summed E-state index contributed by atoms with van der Waals surface area (Å²) in [7, 11) is 3.17. The zero-order chi connectivity index (χ0) is 18.0. The van der Waals surface area contributed by atoms with Gasteiger partial charge in [-0.05, 0) is 48.9 Å². The molecule has 0 aliphatic heterocycles. The molecule has 1 heterocycles. The van der Waals surface area contributed by atoms with Crippen LogP contribution in [0.3, 0.4) is 0 Å². The fourth-order valence-electron chi connectivity index (χ4n) is 2.60. The average molecular weight is 404 g/mol. The van der Waals surface area contributed by atoms with Crippen LogP contribution in [0, 0.1) is 0 Å². The number of halogens is 1. The number of rotatable bonds is 5. The van der Waals surface area contributed by atoms with Crippen LogP contribution < -0.4 is 14.8 Å². The molecule has 1 atom stereocenters. The first-order valence-electron chi connectivity index (χ1n) is 7.73. The Labute approximate surface area is 154 Å². The number of benzene rings is 2. The molecular weight excluding hydrogens is 386 g/mol. The van der Waals surface area contributed by atoms with Gasteiger partial charge in [0.15, 0.2) is 17.3 Å². The first kappa shape index (κ1) is 17.4. The summed E-state index contributed by atoms with van der Waals surface area (Å²) < 4.78 is 17.1. The Morgan fingerprint density at radius 3 is 2.56 bits per heavy atom. The monoisotopic (exact) mass is 403 g/mol. The van der Waals surface area contributed by atoms with Crippen molar-refractivity contribution in [3.05, 3.63) is 58.3 Å². The molecular formula is C19H18BrNO4. The zero-order valence-corrected chi connectivity index (χ0v) is 15.7. The molecule has 130 valence electrons. The van der Waals surface area contributed by atoms with Gasteiger partial charge in [0, 0.05) is 9.86 Å². The van der Waals surface area contributed by atoms with E-state index in [2.05, 4.69) is 21.2 Å². The summed E-state index contributed by atoms with van der Waals surface area (Å²) in [5.74, 6) is 1.28. The van der Waals surface area contributed by atoms with E-state index >= 15 is 0 Å². The van der Waals surface area contributed by atoms with Crippen LogP contribution in [0.1, 0.15) is 29.1 Å². The SMILES string of the molecule is COc1ccc(C(C)NC(=O)c2cc3cc(Br)ccc3o2)cc1OC. The Hall–Kier alpha value is -2.47. The van der Waals surface area contributed by atoms with Crippen molar-refractivity contribution in [2.24, 2.45) is 0 Å². The molecule has 3 rings (SSSR count). The fraction of sp³-hybridized carbons (Fsp3) is 0.211. The minimum absolute atomic E-state index is 0.216. The minimum Gasteiger partial charge on any atom is -0.493 e. The Kier molecular flexibility index (Phi) is 4.99. The van der Waals surface area contributed by atoms with Crippen molar-refractivity contribution in [2.45, 2.75) is 13.0 Å². The van der Waals surface area contributed by atoms with E-state index in [9.17, 15) is 4.79 Å². The number of hydrogen-bond acceptors (Lipinski definition) is 4. The standard InChI is InChI=1S/C19H18BrNO4/c1-11(12-4-6-16(23-2)17(9-12)24-3)21-19(22)18-10-13-8-14(20)5-7-15(13)25-18/h4-11H,1-3H3,(H,21,22). The lowest BCUT2D eigenvalue weighted by Gasteiger charge is -2.16. The third-order valence-electron chi connectivity index (χ3n) is 3.96. The molecule has 25 heavy (non-hydrogen) atoms. The Bertz CT molecular complexity index is 919. The molecule has 6 heteroatoms. The largest absolute Gasteiger partial charge is 0.493 e. The van der Waals surface area contributed by atoms with Crippen LogP contribution in [0.15, 0.2) is 51.4 Å². The molecule has 0 bridgehead atoms. The maximum Gasteiger partial charge on any atom is 0.287 e. The van der Waals surface area contributed by atoms with Gasteiger partial charge in [0.25, 0.3) is 5.91 Å². The van der Waals surface area contributed by atoms with E-state index in [-0.39, 0.29) is 17.7 Å². The highest BCUT2D eigenvalue weighted by atomic mass is 79.9. The second kappa shape index (κ2) is 7.19. The van der Waals surface area contributed by atoms with E-state index in [0.29, 0.717) is 17.1 Å². The lowest BCUT2D eigenvalue weighted by Crippen LogP contribution is -2.26. The lowest BCUT2D eigenvalue weighted by atomic mass is 10.1. The highest BCUT2D eigenvalue weighted by Crippen LogP contribution is 2.30. The van der Waals surface area contributed by atoms with Crippen LogP contribution in [0.2, 0.25) is 0 Å². The van der Waals surface area contributed by atoms with Gasteiger partial charge in [-0.2, -0.15) is 0 Å². The van der Waals surface area contributed by atoms with Crippen LogP contribution in [-0.4, -0.2) is 20.1 Å². The van der Waals surface area contributed by atoms with Crippen LogP contribution >= 0.6 is 15.9 Å². The van der Waals surface area contributed by atoms with E-state index in [1.165, 1.54) is 0 Å². The van der Waals surface area contributed by atoms with E-state index in [1.54, 1.807) is 20.3 Å². The van der Waals surface area contributed by atoms with Crippen molar-refractivity contribution in [1.82, 2.24) is 5.32 Å². The predicted molar refractivity (Wildman–Crippen MR) is 99.3 cm³/mol. The maximum atomic E-state index is 12.5. The lowest BCUT2D eigenvalue weighted by molar-refractivity contribution is 0.0914. The van der Waals surface area contributed by atoms with E-state index in [1.807, 2.05) is 43.3 Å². The second-order valence-corrected chi connectivity index (χ2v) is 6.52. The first-order chi connectivity index (χ1) is 12.0. The second-order valence-electron chi connectivity index (χ2n) is 5.60. The number of nitrogens with one attached hydrogen (secondary N) is 1. The Balaban J connectivity index is 1.79. The summed E-state index contributed by atoms with van der Waals surface area (Å²) >= 11 is 3.41. The van der Waals surface area contributed by atoms with Gasteiger partial charge in [0.2, 0.25) is 0 Å². The molecule has 5 nitrogen and oxygen atoms in total. The molecule has 1 amide bonds. The first-order valence-corrected chi connectivity index (χ1v) is 8.53. The van der Waals surface area contributed by atoms with E-state index in [0.717, 1.165) is 15.4 Å². The van der Waals surface area contributed by atoms with Crippen molar-refractivity contribution in [1.29, 1.82) is 0 Å². The van der Waals surface area contributed by atoms with Gasteiger partial charge in [-0.1, -0.05) is 22.0 Å². The molecule has 0 aliphatic carbocycles. The van der Waals surface area contributed by atoms with Gasteiger partial charge >= 0.3 is 0 Å². The van der Waals surface area contributed by atoms with Crippen LogP contribution in [-0.2, 0) is 0 Å². The quantitative estimate of drug-likeness (QED) is 0.670. The van der Waals surface area contributed by atoms with Crippen LogP contribution in [0.5, 0.6) is 11.5 Å². The number of amides is 1. The van der Waals surface area contributed by atoms with Crippen molar-refractivity contribution in [2.75, 3.05) is 14.2 Å². The van der Waals surface area contributed by atoms with Crippen molar-refractivity contribution >= 4 is 32.8 Å². The van der Waals surface area contributed by atoms with E-state index < -0.39 is 0 Å². The summed E-state index contributed by atoms with van der Waals surface area (Å²) in [5.41, 5.74) is 1.58. The molecule has 0 aliphatic rings. The van der Waals surface area contributed by atoms with Crippen LogP contribution in [0.25, 0.3) is 11.0 Å². The molecule has 0 fully saturated rings. The Morgan fingerprint density at radius 1 is 1.08 bits per heavy atom. The van der Waals surface area contributed by atoms with Crippen molar-refractivity contribution < 1.29 is 18.7 Å².